The van der Waals surface area contributed by atoms with Crippen LogP contribution < -0.4 is 5.32 Å². The lowest BCUT2D eigenvalue weighted by molar-refractivity contribution is -0.146. The Balaban J connectivity index is 2.09. The van der Waals surface area contributed by atoms with Crippen LogP contribution in [0.25, 0.3) is 0 Å². The molecule has 2 atom stereocenters. The summed E-state index contributed by atoms with van der Waals surface area (Å²) in [4.78, 5) is 11.6. The molecule has 1 aliphatic rings. The van der Waals surface area contributed by atoms with Crippen molar-refractivity contribution in [3.05, 3.63) is 35.4 Å². The molecule has 0 aromatic heterocycles. The SMILES string of the molecule is COC(=O)C1CCNC(c2cccc(C)c2)C1. The third-order valence-corrected chi connectivity index (χ3v) is 3.38. The first-order valence-electron chi connectivity index (χ1n) is 6.08. The largest absolute Gasteiger partial charge is 0.469 e. The van der Waals surface area contributed by atoms with Crippen molar-refractivity contribution in [2.24, 2.45) is 5.92 Å². The minimum atomic E-state index is -0.0795. The Morgan fingerprint density at radius 1 is 1.47 bits per heavy atom. The van der Waals surface area contributed by atoms with Crippen LogP contribution in [-0.2, 0) is 9.53 Å². The predicted molar refractivity (Wildman–Crippen MR) is 66.7 cm³/mol. The highest BCUT2D eigenvalue weighted by atomic mass is 16.5. The van der Waals surface area contributed by atoms with Crippen LogP contribution in [0.2, 0.25) is 0 Å². The van der Waals surface area contributed by atoms with Gasteiger partial charge in [-0.3, -0.25) is 4.79 Å². The third-order valence-electron chi connectivity index (χ3n) is 3.38. The van der Waals surface area contributed by atoms with E-state index in [2.05, 4.69) is 36.5 Å². The quantitative estimate of drug-likeness (QED) is 0.796. The number of methoxy groups -OCH3 is 1. The molecule has 1 fully saturated rings. The van der Waals surface area contributed by atoms with Crippen molar-refractivity contribution in [2.75, 3.05) is 13.7 Å². The fraction of sp³-hybridized carbons (Fsp3) is 0.500. The van der Waals surface area contributed by atoms with Crippen molar-refractivity contribution in [1.29, 1.82) is 0 Å². The van der Waals surface area contributed by atoms with Crippen molar-refractivity contribution in [3.8, 4) is 0 Å². The van der Waals surface area contributed by atoms with Gasteiger partial charge in [-0.15, -0.1) is 0 Å². The molecular formula is C14H19NO2. The standard InChI is InChI=1S/C14H19NO2/c1-10-4-3-5-11(8-10)13-9-12(6-7-15-13)14(16)17-2/h3-5,8,12-13,15H,6-7,9H2,1-2H3. The average Bonchev–Trinajstić information content (AvgIpc) is 2.38. The van der Waals surface area contributed by atoms with Crippen LogP contribution in [-0.4, -0.2) is 19.6 Å². The van der Waals surface area contributed by atoms with Crippen LogP contribution in [0.4, 0.5) is 0 Å². The molecule has 1 aromatic carbocycles. The lowest BCUT2D eigenvalue weighted by Crippen LogP contribution is -2.35. The monoisotopic (exact) mass is 233 g/mol. The number of ether oxygens (including phenoxy) is 1. The second-order valence-electron chi connectivity index (χ2n) is 4.67. The summed E-state index contributed by atoms with van der Waals surface area (Å²) in [6, 6.07) is 8.72. The van der Waals surface area contributed by atoms with E-state index in [1.54, 1.807) is 0 Å². The van der Waals surface area contributed by atoms with E-state index >= 15 is 0 Å². The van der Waals surface area contributed by atoms with E-state index in [1.807, 2.05) is 0 Å². The van der Waals surface area contributed by atoms with Gasteiger partial charge >= 0.3 is 5.97 Å². The summed E-state index contributed by atoms with van der Waals surface area (Å²) >= 11 is 0. The van der Waals surface area contributed by atoms with Crippen molar-refractivity contribution in [2.45, 2.75) is 25.8 Å². The molecule has 1 N–H and O–H groups in total. The normalized spacial score (nSPS) is 24.4. The van der Waals surface area contributed by atoms with E-state index < -0.39 is 0 Å². The first-order valence-corrected chi connectivity index (χ1v) is 6.08. The molecule has 3 heteroatoms. The van der Waals surface area contributed by atoms with Gasteiger partial charge in [0.05, 0.1) is 13.0 Å². The van der Waals surface area contributed by atoms with Gasteiger partial charge < -0.3 is 10.1 Å². The van der Waals surface area contributed by atoms with E-state index in [4.69, 9.17) is 4.74 Å². The third kappa shape index (κ3) is 2.86. The smallest absolute Gasteiger partial charge is 0.308 e. The van der Waals surface area contributed by atoms with Crippen LogP contribution in [0.5, 0.6) is 0 Å². The molecule has 0 amide bonds. The zero-order chi connectivity index (χ0) is 12.3. The molecule has 17 heavy (non-hydrogen) atoms. The molecule has 0 spiro atoms. The molecule has 2 unspecified atom stereocenters. The van der Waals surface area contributed by atoms with Crippen molar-refractivity contribution >= 4 is 5.97 Å². The summed E-state index contributed by atoms with van der Waals surface area (Å²) in [6.45, 7) is 2.96. The van der Waals surface area contributed by atoms with Gasteiger partial charge in [0.25, 0.3) is 0 Å². The molecule has 1 saturated heterocycles. The summed E-state index contributed by atoms with van der Waals surface area (Å²) in [6.07, 6.45) is 1.70. The van der Waals surface area contributed by atoms with E-state index in [0.717, 1.165) is 19.4 Å². The minimum absolute atomic E-state index is 0.0340. The van der Waals surface area contributed by atoms with Gasteiger partial charge in [0.2, 0.25) is 0 Å². The van der Waals surface area contributed by atoms with Gasteiger partial charge in [0.15, 0.2) is 0 Å². The van der Waals surface area contributed by atoms with Gasteiger partial charge in [0, 0.05) is 6.04 Å². The summed E-state index contributed by atoms with van der Waals surface area (Å²) in [5, 5.41) is 3.46. The maximum absolute atomic E-state index is 11.6. The highest BCUT2D eigenvalue weighted by molar-refractivity contribution is 5.72. The Morgan fingerprint density at radius 3 is 3.00 bits per heavy atom. The van der Waals surface area contributed by atoms with Crippen LogP contribution in [0.1, 0.15) is 30.0 Å². The van der Waals surface area contributed by atoms with Crippen LogP contribution in [0.15, 0.2) is 24.3 Å². The Hall–Kier alpha value is -1.35. The first-order chi connectivity index (χ1) is 8.20. The van der Waals surface area contributed by atoms with Crippen LogP contribution >= 0.6 is 0 Å². The molecular weight excluding hydrogens is 214 g/mol. The van der Waals surface area contributed by atoms with E-state index in [-0.39, 0.29) is 17.9 Å². The van der Waals surface area contributed by atoms with Crippen molar-refractivity contribution in [1.82, 2.24) is 5.32 Å². The Labute approximate surface area is 102 Å². The van der Waals surface area contributed by atoms with Crippen molar-refractivity contribution < 1.29 is 9.53 Å². The van der Waals surface area contributed by atoms with Gasteiger partial charge in [0.1, 0.15) is 0 Å². The number of rotatable bonds is 2. The molecule has 2 rings (SSSR count). The zero-order valence-corrected chi connectivity index (χ0v) is 10.4. The fourth-order valence-electron chi connectivity index (χ4n) is 2.44. The number of piperidine rings is 1. The second kappa shape index (κ2) is 5.32. The first kappa shape index (κ1) is 12.1. The number of carbonyl (C=O) groups is 1. The van der Waals surface area contributed by atoms with Gasteiger partial charge in [-0.2, -0.15) is 0 Å². The molecule has 0 saturated carbocycles. The van der Waals surface area contributed by atoms with E-state index in [0.29, 0.717) is 0 Å². The number of esters is 1. The fourth-order valence-corrected chi connectivity index (χ4v) is 2.44. The van der Waals surface area contributed by atoms with Gasteiger partial charge in [-0.25, -0.2) is 0 Å². The molecule has 92 valence electrons. The molecule has 1 aromatic rings. The number of carbonyl (C=O) groups excluding carboxylic acids is 1. The molecule has 1 heterocycles. The molecule has 1 aliphatic heterocycles. The summed E-state index contributed by atoms with van der Waals surface area (Å²) in [5.41, 5.74) is 2.52. The predicted octanol–water partition coefficient (Wildman–Crippen LogP) is 2.21. The average molecular weight is 233 g/mol. The van der Waals surface area contributed by atoms with Crippen LogP contribution in [0, 0.1) is 12.8 Å². The second-order valence-corrected chi connectivity index (χ2v) is 4.67. The molecule has 3 nitrogen and oxygen atoms in total. The zero-order valence-electron chi connectivity index (χ0n) is 10.4. The number of nitrogens with one attached hydrogen (secondary N) is 1. The number of hydrogen-bond acceptors (Lipinski definition) is 3. The van der Waals surface area contributed by atoms with Gasteiger partial charge in [-0.05, 0) is 31.9 Å². The molecule has 0 aliphatic carbocycles. The van der Waals surface area contributed by atoms with E-state index in [1.165, 1.54) is 18.2 Å². The Kier molecular flexibility index (Phi) is 3.79. The van der Waals surface area contributed by atoms with Gasteiger partial charge in [-0.1, -0.05) is 29.8 Å². The summed E-state index contributed by atoms with van der Waals surface area (Å²) < 4.78 is 4.83. The Bertz CT molecular complexity index is 403. The van der Waals surface area contributed by atoms with E-state index in [9.17, 15) is 4.79 Å². The molecule has 0 bridgehead atoms. The number of benzene rings is 1. The maximum atomic E-state index is 11.6. The topological polar surface area (TPSA) is 38.3 Å². The lowest BCUT2D eigenvalue weighted by atomic mass is 9.88. The number of aryl methyl sites for hydroxylation is 1. The van der Waals surface area contributed by atoms with Crippen LogP contribution in [0.3, 0.4) is 0 Å². The highest BCUT2D eigenvalue weighted by Crippen LogP contribution is 2.28. The maximum Gasteiger partial charge on any atom is 0.308 e. The summed E-state index contributed by atoms with van der Waals surface area (Å²) in [5.74, 6) is -0.0454. The summed E-state index contributed by atoms with van der Waals surface area (Å²) in [7, 11) is 1.46. The molecule has 0 radical (unpaired) electrons. The highest BCUT2D eigenvalue weighted by Gasteiger charge is 2.28. The lowest BCUT2D eigenvalue weighted by Gasteiger charge is -2.29. The van der Waals surface area contributed by atoms with Crippen molar-refractivity contribution in [3.63, 3.8) is 0 Å². The number of hydrogen-bond donors (Lipinski definition) is 1. The Morgan fingerprint density at radius 2 is 2.29 bits per heavy atom. The minimum Gasteiger partial charge on any atom is -0.469 e.